The fraction of sp³-hybridized carbons (Fsp3) is 0.542. The molecule has 7 heteroatoms. The lowest BCUT2D eigenvalue weighted by Crippen LogP contribution is -2.49. The van der Waals surface area contributed by atoms with Gasteiger partial charge in [0.05, 0.1) is 11.6 Å². The monoisotopic (exact) mass is 438 g/mol. The number of amides is 1. The van der Waals surface area contributed by atoms with Crippen LogP contribution in [0.2, 0.25) is 0 Å². The Morgan fingerprint density at radius 1 is 1.29 bits per heavy atom. The second-order valence-corrected chi connectivity index (χ2v) is 10.1. The van der Waals surface area contributed by atoms with Crippen LogP contribution in [0.1, 0.15) is 66.4 Å². The maximum atomic E-state index is 12.7. The summed E-state index contributed by atoms with van der Waals surface area (Å²) in [4.78, 5) is 29.7. The molecular weight excluding hydrogens is 408 g/mol. The number of thiophene rings is 1. The summed E-state index contributed by atoms with van der Waals surface area (Å²) in [6.07, 6.45) is 6.08. The van der Waals surface area contributed by atoms with Crippen LogP contribution in [0.25, 0.3) is 10.2 Å². The second-order valence-electron chi connectivity index (χ2n) is 9.00. The number of anilines is 1. The number of piperazine rings is 1. The van der Waals surface area contributed by atoms with E-state index in [-0.39, 0.29) is 5.91 Å². The highest BCUT2D eigenvalue weighted by molar-refractivity contribution is 7.19. The van der Waals surface area contributed by atoms with Crippen molar-refractivity contribution in [2.75, 3.05) is 31.1 Å². The Labute approximate surface area is 187 Å². The molecule has 0 aromatic carbocycles. The number of hydrogen-bond acceptors (Lipinski definition) is 6. The van der Waals surface area contributed by atoms with Crippen LogP contribution in [0, 0.1) is 5.92 Å². The van der Waals surface area contributed by atoms with Gasteiger partial charge in [0, 0.05) is 37.0 Å². The molecular formula is C24H30N4O2S. The van der Waals surface area contributed by atoms with E-state index in [4.69, 9.17) is 14.4 Å². The zero-order valence-corrected chi connectivity index (χ0v) is 19.4. The summed E-state index contributed by atoms with van der Waals surface area (Å²) < 4.78 is 5.31. The summed E-state index contributed by atoms with van der Waals surface area (Å²) in [5.41, 5.74) is 1.47. The van der Waals surface area contributed by atoms with Crippen LogP contribution in [0.3, 0.4) is 0 Å². The SMILES string of the molecule is CCC(C)c1nc(N2CCN(C(=O)c3ccco3)CC2)c2c3c(sc2n1)CC(C)CC3. The number of carbonyl (C=O) groups is 1. The number of rotatable bonds is 4. The van der Waals surface area contributed by atoms with E-state index < -0.39 is 0 Å². The summed E-state index contributed by atoms with van der Waals surface area (Å²) in [7, 11) is 0. The summed E-state index contributed by atoms with van der Waals surface area (Å²) in [5.74, 6) is 3.49. The van der Waals surface area contributed by atoms with Gasteiger partial charge in [-0.05, 0) is 49.3 Å². The lowest BCUT2D eigenvalue weighted by molar-refractivity contribution is 0.0714. The molecule has 6 nitrogen and oxygen atoms in total. The molecule has 1 amide bonds. The number of carbonyl (C=O) groups excluding carboxylic acids is 1. The van der Waals surface area contributed by atoms with E-state index in [1.54, 1.807) is 18.4 Å². The molecule has 164 valence electrons. The van der Waals surface area contributed by atoms with E-state index >= 15 is 0 Å². The Balaban J connectivity index is 1.48. The maximum Gasteiger partial charge on any atom is 0.289 e. The van der Waals surface area contributed by atoms with Gasteiger partial charge in [-0.3, -0.25) is 4.79 Å². The largest absolute Gasteiger partial charge is 0.459 e. The first-order valence-corrected chi connectivity index (χ1v) is 12.3. The van der Waals surface area contributed by atoms with Crippen LogP contribution < -0.4 is 4.90 Å². The lowest BCUT2D eigenvalue weighted by atomic mass is 9.89. The zero-order valence-electron chi connectivity index (χ0n) is 18.6. The molecule has 0 bridgehead atoms. The molecule has 0 N–H and O–H groups in total. The minimum absolute atomic E-state index is 0.0281. The molecule has 3 aromatic rings. The Bertz CT molecular complexity index is 1080. The van der Waals surface area contributed by atoms with Crippen molar-refractivity contribution in [1.29, 1.82) is 0 Å². The van der Waals surface area contributed by atoms with Gasteiger partial charge in [-0.1, -0.05) is 20.8 Å². The van der Waals surface area contributed by atoms with Crippen LogP contribution in [0.5, 0.6) is 0 Å². The third-order valence-electron chi connectivity index (χ3n) is 6.80. The normalized spacial score (nSPS) is 20.2. The Morgan fingerprint density at radius 3 is 2.81 bits per heavy atom. The van der Waals surface area contributed by atoms with E-state index in [9.17, 15) is 4.79 Å². The average molecular weight is 439 g/mol. The first-order chi connectivity index (χ1) is 15.0. The van der Waals surface area contributed by atoms with Gasteiger partial charge in [-0.25, -0.2) is 9.97 Å². The summed E-state index contributed by atoms with van der Waals surface area (Å²) in [5, 5.41) is 1.27. The summed E-state index contributed by atoms with van der Waals surface area (Å²) in [6, 6.07) is 3.50. The minimum Gasteiger partial charge on any atom is -0.459 e. The Morgan fingerprint density at radius 2 is 2.10 bits per heavy atom. The topological polar surface area (TPSA) is 62.5 Å². The molecule has 1 saturated heterocycles. The average Bonchev–Trinajstić information content (AvgIpc) is 3.45. The van der Waals surface area contributed by atoms with E-state index in [2.05, 4.69) is 25.7 Å². The minimum atomic E-state index is -0.0281. The number of fused-ring (bicyclic) bond motifs is 3. The molecule has 2 unspecified atom stereocenters. The molecule has 3 aromatic heterocycles. The quantitative estimate of drug-likeness (QED) is 0.581. The number of aryl methyl sites for hydroxylation is 1. The predicted octanol–water partition coefficient (Wildman–Crippen LogP) is 4.89. The van der Waals surface area contributed by atoms with Crippen LogP contribution in [-0.4, -0.2) is 47.0 Å². The predicted molar refractivity (Wildman–Crippen MR) is 124 cm³/mol. The van der Waals surface area contributed by atoms with Crippen molar-refractivity contribution in [2.45, 2.75) is 52.4 Å². The highest BCUT2D eigenvalue weighted by Crippen LogP contribution is 2.41. The number of hydrogen-bond donors (Lipinski definition) is 0. The smallest absolute Gasteiger partial charge is 0.289 e. The third kappa shape index (κ3) is 3.73. The van der Waals surface area contributed by atoms with Gasteiger partial charge >= 0.3 is 0 Å². The van der Waals surface area contributed by atoms with Crippen molar-refractivity contribution in [3.05, 3.63) is 40.4 Å². The fourth-order valence-corrected chi connectivity index (χ4v) is 6.03. The Kier molecular flexibility index (Phi) is 5.46. The van der Waals surface area contributed by atoms with Crippen LogP contribution in [0.4, 0.5) is 5.82 Å². The molecule has 1 aliphatic carbocycles. The molecule has 2 aliphatic rings. The van der Waals surface area contributed by atoms with Crippen LogP contribution >= 0.6 is 11.3 Å². The highest BCUT2D eigenvalue weighted by Gasteiger charge is 2.29. The van der Waals surface area contributed by atoms with Gasteiger partial charge in [0.15, 0.2) is 5.76 Å². The Hall–Kier alpha value is -2.41. The van der Waals surface area contributed by atoms with Gasteiger partial charge in [0.25, 0.3) is 5.91 Å². The summed E-state index contributed by atoms with van der Waals surface area (Å²) >= 11 is 1.87. The number of aromatic nitrogens is 2. The molecule has 31 heavy (non-hydrogen) atoms. The molecule has 1 aliphatic heterocycles. The first kappa shape index (κ1) is 20.5. The van der Waals surface area contributed by atoms with Crippen LogP contribution in [0.15, 0.2) is 22.8 Å². The molecule has 0 radical (unpaired) electrons. The first-order valence-electron chi connectivity index (χ1n) is 11.4. The molecule has 4 heterocycles. The molecule has 2 atom stereocenters. The van der Waals surface area contributed by atoms with Crippen molar-refractivity contribution in [1.82, 2.24) is 14.9 Å². The van der Waals surface area contributed by atoms with E-state index in [0.29, 0.717) is 24.8 Å². The van der Waals surface area contributed by atoms with Crippen molar-refractivity contribution in [2.24, 2.45) is 5.92 Å². The lowest BCUT2D eigenvalue weighted by Gasteiger charge is -2.35. The maximum absolute atomic E-state index is 12.7. The van der Waals surface area contributed by atoms with Crippen molar-refractivity contribution in [3.63, 3.8) is 0 Å². The van der Waals surface area contributed by atoms with Crippen molar-refractivity contribution >= 4 is 33.3 Å². The van der Waals surface area contributed by atoms with Crippen molar-refractivity contribution in [3.8, 4) is 0 Å². The van der Waals surface area contributed by atoms with E-state index in [1.807, 2.05) is 16.2 Å². The third-order valence-corrected chi connectivity index (χ3v) is 7.95. The van der Waals surface area contributed by atoms with Gasteiger partial charge in [-0.15, -0.1) is 11.3 Å². The van der Waals surface area contributed by atoms with Gasteiger partial charge in [0.1, 0.15) is 16.5 Å². The molecule has 1 fully saturated rings. The highest BCUT2D eigenvalue weighted by atomic mass is 32.1. The van der Waals surface area contributed by atoms with Crippen LogP contribution in [-0.2, 0) is 12.8 Å². The zero-order chi connectivity index (χ0) is 21.5. The van der Waals surface area contributed by atoms with E-state index in [0.717, 1.165) is 54.7 Å². The standard InChI is InChI=1S/C24H30N4O2S/c1-4-16(3)21-25-22(20-17-8-7-15(2)14-19(17)31-23(20)26-21)27-9-11-28(12-10-27)24(29)18-6-5-13-30-18/h5-6,13,15-16H,4,7-12,14H2,1-3H3. The number of nitrogens with zero attached hydrogens (tertiary/aromatic N) is 4. The number of furan rings is 1. The summed E-state index contributed by atoms with van der Waals surface area (Å²) in [6.45, 7) is 9.65. The molecule has 0 spiro atoms. The fourth-order valence-electron chi connectivity index (χ4n) is 4.65. The second kappa shape index (κ2) is 8.26. The van der Waals surface area contributed by atoms with E-state index in [1.165, 1.54) is 22.2 Å². The van der Waals surface area contributed by atoms with Crippen molar-refractivity contribution < 1.29 is 9.21 Å². The molecule has 0 saturated carbocycles. The van der Waals surface area contributed by atoms with Gasteiger partial charge in [0.2, 0.25) is 0 Å². The van der Waals surface area contributed by atoms with Gasteiger partial charge < -0.3 is 14.2 Å². The molecule has 5 rings (SSSR count). The van der Waals surface area contributed by atoms with Gasteiger partial charge in [-0.2, -0.15) is 0 Å².